The van der Waals surface area contributed by atoms with Crippen molar-refractivity contribution < 1.29 is 4.74 Å². The van der Waals surface area contributed by atoms with E-state index in [1.807, 2.05) is 0 Å². The van der Waals surface area contributed by atoms with Crippen LogP contribution in [0.1, 0.15) is 10.8 Å². The number of nitrogens with zero attached hydrogens (tertiary/aromatic N) is 1. The Morgan fingerprint density at radius 3 is 2.93 bits per heavy atom. The number of hydrogen-bond acceptors (Lipinski definition) is 3. The first kappa shape index (κ1) is 10.1. The van der Waals surface area contributed by atoms with Crippen LogP contribution in [0, 0.1) is 6.92 Å². The van der Waals surface area contributed by atoms with Gasteiger partial charge in [-0.3, -0.25) is 4.90 Å². The van der Waals surface area contributed by atoms with E-state index in [2.05, 4.69) is 29.3 Å². The average molecular weight is 210 g/mol. The fourth-order valence-electron chi connectivity index (χ4n) is 1.71. The SMILES string of the molecule is [CH2]C(CN1CCOCC1)c1cccs1. The lowest BCUT2D eigenvalue weighted by molar-refractivity contribution is 0.0368. The van der Waals surface area contributed by atoms with Crippen LogP contribution in [-0.4, -0.2) is 37.7 Å². The van der Waals surface area contributed by atoms with Crippen LogP contribution in [0.15, 0.2) is 17.5 Å². The molecule has 0 spiro atoms. The van der Waals surface area contributed by atoms with Crippen molar-refractivity contribution in [2.75, 3.05) is 32.8 Å². The summed E-state index contributed by atoms with van der Waals surface area (Å²) in [5, 5.41) is 2.12. The lowest BCUT2D eigenvalue weighted by Gasteiger charge is -2.28. The summed E-state index contributed by atoms with van der Waals surface area (Å²) in [6, 6.07) is 4.26. The molecular weight excluding hydrogens is 194 g/mol. The molecule has 1 aliphatic rings. The smallest absolute Gasteiger partial charge is 0.0594 e. The summed E-state index contributed by atoms with van der Waals surface area (Å²) in [4.78, 5) is 3.82. The second-order valence-electron chi connectivity index (χ2n) is 3.63. The lowest BCUT2D eigenvalue weighted by Crippen LogP contribution is -2.38. The first-order valence-electron chi connectivity index (χ1n) is 5.03. The zero-order valence-electron chi connectivity index (χ0n) is 8.32. The maximum atomic E-state index is 5.31. The molecule has 0 amide bonds. The minimum absolute atomic E-state index is 0.410. The zero-order chi connectivity index (χ0) is 9.80. The second kappa shape index (κ2) is 4.91. The van der Waals surface area contributed by atoms with Crippen molar-refractivity contribution in [1.82, 2.24) is 4.90 Å². The van der Waals surface area contributed by atoms with Crippen molar-refractivity contribution in [1.29, 1.82) is 0 Å². The van der Waals surface area contributed by atoms with Gasteiger partial charge in [-0.05, 0) is 18.4 Å². The number of rotatable bonds is 3. The molecule has 0 saturated carbocycles. The van der Waals surface area contributed by atoms with Crippen LogP contribution in [0.25, 0.3) is 0 Å². The molecular formula is C11H16NOS. The number of hydrogen-bond donors (Lipinski definition) is 0. The van der Waals surface area contributed by atoms with Crippen LogP contribution in [0.2, 0.25) is 0 Å². The molecule has 0 aliphatic carbocycles. The molecule has 1 unspecified atom stereocenters. The largest absolute Gasteiger partial charge is 0.379 e. The lowest BCUT2D eigenvalue weighted by atomic mass is 10.1. The van der Waals surface area contributed by atoms with Crippen LogP contribution >= 0.6 is 11.3 Å². The predicted octanol–water partition coefficient (Wildman–Crippen LogP) is 2.00. The Morgan fingerprint density at radius 2 is 2.29 bits per heavy atom. The average Bonchev–Trinajstić information content (AvgIpc) is 2.72. The Hall–Kier alpha value is -0.380. The third-order valence-electron chi connectivity index (χ3n) is 2.53. The van der Waals surface area contributed by atoms with E-state index in [1.54, 1.807) is 11.3 Å². The van der Waals surface area contributed by atoms with Gasteiger partial charge in [0.2, 0.25) is 0 Å². The summed E-state index contributed by atoms with van der Waals surface area (Å²) in [5.41, 5.74) is 0. The summed E-state index contributed by atoms with van der Waals surface area (Å²) in [7, 11) is 0. The maximum absolute atomic E-state index is 5.31. The maximum Gasteiger partial charge on any atom is 0.0594 e. The third kappa shape index (κ3) is 2.56. The fraction of sp³-hybridized carbons (Fsp3) is 0.545. The number of thiophene rings is 1. The molecule has 2 nitrogen and oxygen atoms in total. The van der Waals surface area contributed by atoms with E-state index < -0.39 is 0 Å². The van der Waals surface area contributed by atoms with Crippen LogP contribution in [-0.2, 0) is 4.74 Å². The van der Waals surface area contributed by atoms with Gasteiger partial charge in [0.25, 0.3) is 0 Å². The molecule has 14 heavy (non-hydrogen) atoms. The van der Waals surface area contributed by atoms with E-state index in [0.717, 1.165) is 32.8 Å². The van der Waals surface area contributed by atoms with Crippen molar-refractivity contribution in [3.63, 3.8) is 0 Å². The van der Waals surface area contributed by atoms with Crippen LogP contribution in [0.4, 0.5) is 0 Å². The monoisotopic (exact) mass is 210 g/mol. The van der Waals surface area contributed by atoms with Gasteiger partial charge in [0.15, 0.2) is 0 Å². The quantitative estimate of drug-likeness (QED) is 0.756. The highest BCUT2D eigenvalue weighted by Crippen LogP contribution is 2.21. The summed E-state index contributed by atoms with van der Waals surface area (Å²) >= 11 is 1.80. The Morgan fingerprint density at radius 1 is 1.50 bits per heavy atom. The Balaban J connectivity index is 1.84. The molecule has 0 N–H and O–H groups in total. The first-order valence-corrected chi connectivity index (χ1v) is 5.91. The second-order valence-corrected chi connectivity index (χ2v) is 4.60. The molecule has 0 aromatic carbocycles. The number of ether oxygens (including phenoxy) is 1. The molecule has 1 aromatic heterocycles. The van der Waals surface area contributed by atoms with E-state index in [1.165, 1.54) is 4.88 Å². The highest BCUT2D eigenvalue weighted by molar-refractivity contribution is 7.10. The van der Waals surface area contributed by atoms with Gasteiger partial charge in [-0.15, -0.1) is 11.3 Å². The Labute approximate surface area is 89.5 Å². The highest BCUT2D eigenvalue weighted by Gasteiger charge is 2.15. The van der Waals surface area contributed by atoms with Gasteiger partial charge in [0.05, 0.1) is 13.2 Å². The topological polar surface area (TPSA) is 12.5 Å². The van der Waals surface area contributed by atoms with Crippen molar-refractivity contribution in [3.05, 3.63) is 29.3 Å². The highest BCUT2D eigenvalue weighted by atomic mass is 32.1. The molecule has 0 bridgehead atoms. The molecule has 2 heterocycles. The van der Waals surface area contributed by atoms with Crippen LogP contribution in [0.3, 0.4) is 0 Å². The van der Waals surface area contributed by atoms with Crippen molar-refractivity contribution in [2.24, 2.45) is 0 Å². The molecule has 1 atom stereocenters. The Bertz CT molecular complexity index is 254. The van der Waals surface area contributed by atoms with Gasteiger partial charge in [-0.1, -0.05) is 6.07 Å². The zero-order valence-corrected chi connectivity index (χ0v) is 9.13. The van der Waals surface area contributed by atoms with E-state index in [4.69, 9.17) is 4.74 Å². The van der Waals surface area contributed by atoms with Gasteiger partial charge < -0.3 is 4.74 Å². The standard InChI is InChI=1S/C11H16NOS/c1-10(11-3-2-8-14-11)9-12-4-6-13-7-5-12/h2-3,8,10H,1,4-7,9H2. The molecule has 77 valence electrons. The summed E-state index contributed by atoms with van der Waals surface area (Å²) in [6.07, 6.45) is 0. The van der Waals surface area contributed by atoms with E-state index in [9.17, 15) is 0 Å². The predicted molar refractivity (Wildman–Crippen MR) is 59.7 cm³/mol. The molecule has 1 aliphatic heterocycles. The van der Waals surface area contributed by atoms with Crippen LogP contribution < -0.4 is 0 Å². The van der Waals surface area contributed by atoms with E-state index in [-0.39, 0.29) is 0 Å². The van der Waals surface area contributed by atoms with Gasteiger partial charge >= 0.3 is 0 Å². The molecule has 2 rings (SSSR count). The molecule has 1 saturated heterocycles. The van der Waals surface area contributed by atoms with E-state index >= 15 is 0 Å². The third-order valence-corrected chi connectivity index (χ3v) is 3.56. The van der Waals surface area contributed by atoms with Crippen molar-refractivity contribution >= 4 is 11.3 Å². The van der Waals surface area contributed by atoms with Crippen molar-refractivity contribution in [3.8, 4) is 0 Å². The van der Waals surface area contributed by atoms with Gasteiger partial charge in [-0.25, -0.2) is 0 Å². The Kier molecular flexibility index (Phi) is 3.56. The van der Waals surface area contributed by atoms with Crippen LogP contribution in [0.5, 0.6) is 0 Å². The van der Waals surface area contributed by atoms with Gasteiger partial charge in [0, 0.05) is 30.4 Å². The normalized spacial score (nSPS) is 20.9. The van der Waals surface area contributed by atoms with Crippen molar-refractivity contribution in [2.45, 2.75) is 5.92 Å². The fourth-order valence-corrected chi connectivity index (χ4v) is 2.45. The summed E-state index contributed by atoms with van der Waals surface area (Å²) < 4.78 is 5.31. The number of morpholine rings is 1. The molecule has 1 aromatic rings. The van der Waals surface area contributed by atoms with E-state index in [0.29, 0.717) is 5.92 Å². The minimum atomic E-state index is 0.410. The summed E-state index contributed by atoms with van der Waals surface area (Å²) in [5.74, 6) is 0.410. The van der Waals surface area contributed by atoms with Gasteiger partial charge in [0.1, 0.15) is 0 Å². The van der Waals surface area contributed by atoms with Gasteiger partial charge in [-0.2, -0.15) is 0 Å². The molecule has 1 radical (unpaired) electrons. The molecule has 3 heteroatoms. The summed E-state index contributed by atoms with van der Waals surface area (Å²) in [6.45, 7) is 9.11. The first-order chi connectivity index (χ1) is 6.86. The minimum Gasteiger partial charge on any atom is -0.379 e. The molecule has 1 fully saturated rings.